The average Bonchev–Trinajstić information content (AvgIpc) is 2.84. The summed E-state index contributed by atoms with van der Waals surface area (Å²) in [6.45, 7) is 0. The van der Waals surface area contributed by atoms with Crippen molar-refractivity contribution in [3.63, 3.8) is 0 Å². The van der Waals surface area contributed by atoms with Gasteiger partial charge in [-0.25, -0.2) is 0 Å². The third-order valence-corrected chi connectivity index (χ3v) is 18.6. The van der Waals surface area contributed by atoms with E-state index >= 15 is 0 Å². The van der Waals surface area contributed by atoms with E-state index in [4.69, 9.17) is 8.37 Å². The molecule has 3 rings (SSSR count). The molecule has 0 unspecified atom stereocenters. The standard InChI is InChI=1S/C18H4Br10O6S2/c19-7-9(21)13(25)17(14(26)10(7)22)33-35(29,30)5-2-1-3-6(4-5)36(31,32)34-18-15(27)11(23)8(20)12(24)16(18)28/h1-4H. The first-order valence-corrected chi connectivity index (χ1v) is 19.3. The Balaban J connectivity index is 2.05. The van der Waals surface area contributed by atoms with Crippen LogP contribution in [0.4, 0.5) is 0 Å². The van der Waals surface area contributed by atoms with Gasteiger partial charge in [0.2, 0.25) is 0 Å². The number of hydrogen-bond donors (Lipinski definition) is 0. The van der Waals surface area contributed by atoms with Gasteiger partial charge in [-0.1, -0.05) is 6.07 Å². The fourth-order valence-electron chi connectivity index (χ4n) is 2.42. The molecule has 0 amide bonds. The molecule has 194 valence electrons. The summed E-state index contributed by atoms with van der Waals surface area (Å²) in [6, 6.07) is 4.62. The topological polar surface area (TPSA) is 86.7 Å². The average molecular weight is 1180 g/mol. The fraction of sp³-hybridized carbons (Fsp3) is 0. The molecule has 18 heteroatoms. The molecule has 6 nitrogen and oxygen atoms in total. The fourth-order valence-corrected chi connectivity index (χ4v) is 11.3. The van der Waals surface area contributed by atoms with E-state index in [-0.39, 0.29) is 11.5 Å². The second-order valence-electron chi connectivity index (χ2n) is 6.35. The van der Waals surface area contributed by atoms with Gasteiger partial charge in [0, 0.05) is 8.95 Å². The van der Waals surface area contributed by atoms with E-state index in [1.54, 1.807) is 0 Å². The SMILES string of the molecule is O=S(=O)(Oc1c(Br)c(Br)c(Br)c(Br)c1Br)c1cccc(S(=O)(=O)Oc2c(Br)c(Br)c(Br)c(Br)c2Br)c1. The Hall–Kier alpha value is 1.96. The molecule has 36 heavy (non-hydrogen) atoms. The predicted molar refractivity (Wildman–Crippen MR) is 172 cm³/mol. The van der Waals surface area contributed by atoms with Crippen LogP contribution in [0.5, 0.6) is 11.5 Å². The smallest absolute Gasteiger partial charge is 0.339 e. The van der Waals surface area contributed by atoms with Gasteiger partial charge < -0.3 is 8.37 Å². The summed E-state index contributed by atoms with van der Waals surface area (Å²) in [5.41, 5.74) is 0. The van der Waals surface area contributed by atoms with E-state index in [1.165, 1.54) is 18.2 Å². The van der Waals surface area contributed by atoms with Crippen molar-refractivity contribution in [2.75, 3.05) is 0 Å². The van der Waals surface area contributed by atoms with Gasteiger partial charge in [-0.3, -0.25) is 0 Å². The van der Waals surface area contributed by atoms with E-state index in [9.17, 15) is 16.8 Å². The molecule has 0 spiro atoms. The number of hydrogen-bond acceptors (Lipinski definition) is 6. The maximum atomic E-state index is 13.1. The van der Waals surface area contributed by atoms with E-state index in [0.717, 1.165) is 6.07 Å². The molecule has 0 aliphatic heterocycles. The maximum absolute atomic E-state index is 13.1. The van der Waals surface area contributed by atoms with Crippen molar-refractivity contribution in [2.45, 2.75) is 9.79 Å². The molecule has 0 saturated carbocycles. The maximum Gasteiger partial charge on any atom is 0.339 e. The second kappa shape index (κ2) is 12.4. The zero-order chi connectivity index (χ0) is 27.3. The summed E-state index contributed by atoms with van der Waals surface area (Å²) in [5, 5.41) is 0. The highest BCUT2D eigenvalue weighted by molar-refractivity contribution is 9.16. The molecular weight excluding hydrogens is 1180 g/mol. The van der Waals surface area contributed by atoms with Gasteiger partial charge in [0.15, 0.2) is 11.5 Å². The molecule has 0 radical (unpaired) electrons. The van der Waals surface area contributed by atoms with Crippen LogP contribution in [0.25, 0.3) is 0 Å². The van der Waals surface area contributed by atoms with Crippen LogP contribution in [0.3, 0.4) is 0 Å². The van der Waals surface area contributed by atoms with Crippen molar-refractivity contribution in [1.29, 1.82) is 0 Å². The van der Waals surface area contributed by atoms with E-state index in [1.807, 2.05) is 0 Å². The summed E-state index contributed by atoms with van der Waals surface area (Å²) in [5.74, 6) is -0.113. The van der Waals surface area contributed by atoms with Crippen molar-refractivity contribution < 1.29 is 25.2 Å². The molecule has 0 aliphatic rings. The van der Waals surface area contributed by atoms with Crippen LogP contribution < -0.4 is 8.37 Å². The number of benzene rings is 3. The summed E-state index contributed by atoms with van der Waals surface area (Å²) < 4.78 is 67.6. The van der Waals surface area contributed by atoms with Crippen LogP contribution in [0, 0.1) is 0 Å². The second-order valence-corrected chi connectivity index (χ2v) is 17.4. The van der Waals surface area contributed by atoms with Crippen LogP contribution in [0.15, 0.2) is 78.8 Å². The molecule has 0 saturated heterocycles. The van der Waals surface area contributed by atoms with Gasteiger partial charge in [0.05, 0.1) is 35.8 Å². The van der Waals surface area contributed by atoms with Crippen molar-refractivity contribution in [2.24, 2.45) is 0 Å². The van der Waals surface area contributed by atoms with Gasteiger partial charge in [-0.15, -0.1) is 0 Å². The molecule has 0 atom stereocenters. The van der Waals surface area contributed by atoms with Crippen LogP contribution in [-0.2, 0) is 20.2 Å². The van der Waals surface area contributed by atoms with Crippen LogP contribution in [0.2, 0.25) is 0 Å². The Kier molecular flexibility index (Phi) is 11.2. The Labute approximate surface area is 290 Å². The third-order valence-electron chi connectivity index (χ3n) is 4.11. The van der Waals surface area contributed by atoms with Gasteiger partial charge in [-0.05, 0) is 177 Å². The first-order chi connectivity index (χ1) is 16.5. The molecule has 3 aromatic rings. The molecule has 0 bridgehead atoms. The monoisotopic (exact) mass is 1170 g/mol. The van der Waals surface area contributed by atoms with Gasteiger partial charge in [0.25, 0.3) is 0 Å². The van der Waals surface area contributed by atoms with Crippen molar-refractivity contribution in [3.05, 3.63) is 69.0 Å². The predicted octanol–water partition coefficient (Wildman–Crippen LogP) is 10.8. The number of halogens is 10. The largest absolute Gasteiger partial charge is 0.376 e. The molecule has 0 heterocycles. The van der Waals surface area contributed by atoms with Gasteiger partial charge in [0.1, 0.15) is 9.79 Å². The van der Waals surface area contributed by atoms with E-state index in [2.05, 4.69) is 159 Å². The quantitative estimate of drug-likeness (QED) is 0.139. The summed E-state index contributed by atoms with van der Waals surface area (Å²) in [7, 11) is -8.94. The lowest BCUT2D eigenvalue weighted by Gasteiger charge is -2.16. The third kappa shape index (κ3) is 6.54. The molecule has 0 aliphatic carbocycles. The highest BCUT2D eigenvalue weighted by Crippen LogP contribution is 2.50. The Morgan fingerprint density at radius 1 is 0.444 bits per heavy atom. The van der Waals surface area contributed by atoms with Gasteiger partial charge in [-0.2, -0.15) is 16.8 Å². The Bertz CT molecular complexity index is 1450. The first kappa shape index (κ1) is 32.5. The lowest BCUT2D eigenvalue weighted by atomic mass is 10.3. The lowest BCUT2D eigenvalue weighted by Crippen LogP contribution is -2.14. The Morgan fingerprint density at radius 3 is 0.972 bits per heavy atom. The van der Waals surface area contributed by atoms with Crippen molar-refractivity contribution >= 4 is 180 Å². The molecule has 3 aromatic carbocycles. The lowest BCUT2D eigenvalue weighted by molar-refractivity contribution is 0.480. The highest BCUT2D eigenvalue weighted by Gasteiger charge is 2.29. The zero-order valence-electron chi connectivity index (χ0n) is 16.4. The van der Waals surface area contributed by atoms with Crippen molar-refractivity contribution in [1.82, 2.24) is 0 Å². The minimum absolute atomic E-state index is 0.0566. The molecule has 0 N–H and O–H groups in total. The summed E-state index contributed by atoms with van der Waals surface area (Å²) in [4.78, 5) is -0.810. The van der Waals surface area contributed by atoms with E-state index < -0.39 is 30.0 Å². The first-order valence-electron chi connectivity index (χ1n) is 8.53. The zero-order valence-corrected chi connectivity index (χ0v) is 33.8. The summed E-state index contributed by atoms with van der Waals surface area (Å²) in [6.07, 6.45) is 0. The van der Waals surface area contributed by atoms with Crippen molar-refractivity contribution in [3.8, 4) is 11.5 Å². The van der Waals surface area contributed by atoms with Crippen LogP contribution in [-0.4, -0.2) is 16.8 Å². The van der Waals surface area contributed by atoms with Crippen LogP contribution in [0.1, 0.15) is 0 Å². The molecular formula is C18H4Br10O6S2. The highest BCUT2D eigenvalue weighted by atomic mass is 79.9. The molecule has 0 fully saturated rings. The minimum Gasteiger partial charge on any atom is -0.376 e. The summed E-state index contributed by atoms with van der Waals surface area (Å²) >= 11 is 33.3. The number of rotatable bonds is 6. The molecule has 0 aromatic heterocycles. The normalized spacial score (nSPS) is 12.1. The Morgan fingerprint density at radius 2 is 0.694 bits per heavy atom. The van der Waals surface area contributed by atoms with Gasteiger partial charge >= 0.3 is 20.2 Å². The minimum atomic E-state index is -4.47. The van der Waals surface area contributed by atoms with Crippen LogP contribution >= 0.6 is 159 Å². The van der Waals surface area contributed by atoms with E-state index in [0.29, 0.717) is 44.7 Å².